The smallest absolute Gasteiger partial charge is 0.0628 e. The van der Waals surface area contributed by atoms with Crippen LogP contribution in [0.4, 0.5) is 0 Å². The summed E-state index contributed by atoms with van der Waals surface area (Å²) in [5.74, 6) is 0. The van der Waals surface area contributed by atoms with Gasteiger partial charge in [-0.05, 0) is 53.3 Å². The molecule has 3 heteroatoms. The van der Waals surface area contributed by atoms with E-state index in [1.807, 2.05) is 7.05 Å². The van der Waals surface area contributed by atoms with Crippen molar-refractivity contribution in [2.45, 2.75) is 39.7 Å². The van der Waals surface area contributed by atoms with Gasteiger partial charge >= 0.3 is 0 Å². The lowest BCUT2D eigenvalue weighted by atomic mass is 10.2. The summed E-state index contributed by atoms with van der Waals surface area (Å²) in [6.07, 6.45) is 2.23. The maximum atomic E-state index is 4.57. The Balaban J connectivity index is 2.57. The van der Waals surface area contributed by atoms with Crippen molar-refractivity contribution < 1.29 is 0 Å². The molecule has 1 N–H and O–H groups in total. The van der Waals surface area contributed by atoms with Gasteiger partial charge in [-0.1, -0.05) is 0 Å². The van der Waals surface area contributed by atoms with Gasteiger partial charge in [-0.2, -0.15) is 5.10 Å². The summed E-state index contributed by atoms with van der Waals surface area (Å²) in [6.45, 7) is 7.51. The summed E-state index contributed by atoms with van der Waals surface area (Å²) < 4.78 is 2.09. The number of nitrogens with zero attached hydrogens (tertiary/aromatic N) is 2. The fraction of sp³-hybridized carbons (Fsp3) is 0.727. The zero-order valence-electron chi connectivity index (χ0n) is 9.67. The Bertz CT molecular complexity index is 276. The standard InChI is InChI=1S/C11H21N3/c1-9(2)14-10(3)8-11(13-14)6-5-7-12-4/h8-9,12H,5-7H2,1-4H3. The lowest BCUT2D eigenvalue weighted by Crippen LogP contribution is -2.09. The Morgan fingerprint density at radius 3 is 2.71 bits per heavy atom. The molecule has 0 unspecified atom stereocenters. The van der Waals surface area contributed by atoms with E-state index in [1.54, 1.807) is 0 Å². The predicted octanol–water partition coefficient (Wildman–Crippen LogP) is 1.92. The van der Waals surface area contributed by atoms with Gasteiger partial charge in [0.05, 0.1) is 5.69 Å². The van der Waals surface area contributed by atoms with Crippen LogP contribution in [-0.4, -0.2) is 23.4 Å². The van der Waals surface area contributed by atoms with Crippen LogP contribution in [0.2, 0.25) is 0 Å². The normalized spacial score (nSPS) is 11.2. The first-order valence-electron chi connectivity index (χ1n) is 5.34. The van der Waals surface area contributed by atoms with Crippen molar-refractivity contribution in [1.29, 1.82) is 0 Å². The highest BCUT2D eigenvalue weighted by molar-refractivity contribution is 5.09. The van der Waals surface area contributed by atoms with Gasteiger partial charge in [0.25, 0.3) is 0 Å². The Morgan fingerprint density at radius 1 is 1.50 bits per heavy atom. The van der Waals surface area contributed by atoms with E-state index in [0.717, 1.165) is 19.4 Å². The quantitative estimate of drug-likeness (QED) is 0.727. The van der Waals surface area contributed by atoms with E-state index in [2.05, 4.69) is 41.9 Å². The van der Waals surface area contributed by atoms with Crippen LogP contribution in [0.15, 0.2) is 6.07 Å². The molecule has 14 heavy (non-hydrogen) atoms. The molecule has 0 atom stereocenters. The van der Waals surface area contributed by atoms with Crippen LogP contribution in [0, 0.1) is 6.92 Å². The number of hydrogen-bond acceptors (Lipinski definition) is 2. The summed E-state index contributed by atoms with van der Waals surface area (Å²) in [4.78, 5) is 0. The summed E-state index contributed by atoms with van der Waals surface area (Å²) in [5, 5.41) is 7.72. The van der Waals surface area contributed by atoms with Crippen molar-refractivity contribution in [3.05, 3.63) is 17.5 Å². The number of aromatic nitrogens is 2. The molecule has 0 saturated carbocycles. The first-order valence-corrected chi connectivity index (χ1v) is 5.34. The van der Waals surface area contributed by atoms with Gasteiger partial charge in [0, 0.05) is 11.7 Å². The molecule has 3 nitrogen and oxygen atoms in total. The Hall–Kier alpha value is -0.830. The van der Waals surface area contributed by atoms with Crippen LogP contribution >= 0.6 is 0 Å². The van der Waals surface area contributed by atoms with Crippen LogP contribution in [0.3, 0.4) is 0 Å². The third kappa shape index (κ3) is 2.84. The molecule has 1 aromatic rings. The summed E-state index contributed by atoms with van der Waals surface area (Å²) in [6, 6.07) is 2.66. The minimum atomic E-state index is 0.466. The molecular formula is C11H21N3. The van der Waals surface area contributed by atoms with Crippen LogP contribution < -0.4 is 5.32 Å². The van der Waals surface area contributed by atoms with Gasteiger partial charge in [0.1, 0.15) is 0 Å². The van der Waals surface area contributed by atoms with E-state index in [0.29, 0.717) is 6.04 Å². The molecule has 0 aliphatic rings. The third-order valence-electron chi connectivity index (χ3n) is 2.32. The maximum Gasteiger partial charge on any atom is 0.0628 e. The van der Waals surface area contributed by atoms with Gasteiger partial charge in [-0.25, -0.2) is 0 Å². The van der Waals surface area contributed by atoms with Crippen LogP contribution in [-0.2, 0) is 6.42 Å². The van der Waals surface area contributed by atoms with E-state index in [9.17, 15) is 0 Å². The monoisotopic (exact) mass is 195 g/mol. The first kappa shape index (κ1) is 11.2. The highest BCUT2D eigenvalue weighted by atomic mass is 15.3. The van der Waals surface area contributed by atoms with Gasteiger partial charge in [-0.3, -0.25) is 4.68 Å². The molecule has 1 heterocycles. The van der Waals surface area contributed by atoms with Gasteiger partial charge in [-0.15, -0.1) is 0 Å². The Kier molecular flexibility index (Phi) is 4.14. The molecule has 1 aromatic heterocycles. The fourth-order valence-corrected chi connectivity index (χ4v) is 1.64. The van der Waals surface area contributed by atoms with Crippen molar-refractivity contribution in [3.63, 3.8) is 0 Å². The maximum absolute atomic E-state index is 4.57. The average Bonchev–Trinajstić information content (AvgIpc) is 2.47. The van der Waals surface area contributed by atoms with E-state index >= 15 is 0 Å². The van der Waals surface area contributed by atoms with E-state index in [1.165, 1.54) is 11.4 Å². The van der Waals surface area contributed by atoms with Crippen LogP contribution in [0.1, 0.15) is 37.7 Å². The van der Waals surface area contributed by atoms with Crippen molar-refractivity contribution in [1.82, 2.24) is 15.1 Å². The number of rotatable bonds is 5. The molecule has 0 aliphatic heterocycles. The SMILES string of the molecule is CNCCCc1cc(C)n(C(C)C)n1. The third-order valence-corrected chi connectivity index (χ3v) is 2.32. The highest BCUT2D eigenvalue weighted by Crippen LogP contribution is 2.11. The molecule has 0 fully saturated rings. The lowest BCUT2D eigenvalue weighted by Gasteiger charge is -2.06. The van der Waals surface area contributed by atoms with Gasteiger partial charge < -0.3 is 5.32 Å². The molecule has 0 spiro atoms. The lowest BCUT2D eigenvalue weighted by molar-refractivity contribution is 0.512. The van der Waals surface area contributed by atoms with E-state index in [-0.39, 0.29) is 0 Å². The largest absolute Gasteiger partial charge is 0.320 e. The van der Waals surface area contributed by atoms with Gasteiger partial charge in [0.2, 0.25) is 0 Å². The Labute approximate surface area is 86.5 Å². The Morgan fingerprint density at radius 2 is 2.21 bits per heavy atom. The predicted molar refractivity (Wildman–Crippen MR) is 59.6 cm³/mol. The van der Waals surface area contributed by atoms with Crippen molar-refractivity contribution in [3.8, 4) is 0 Å². The number of aryl methyl sites for hydroxylation is 2. The van der Waals surface area contributed by atoms with Crippen molar-refractivity contribution in [2.75, 3.05) is 13.6 Å². The van der Waals surface area contributed by atoms with Crippen molar-refractivity contribution >= 4 is 0 Å². The topological polar surface area (TPSA) is 29.9 Å². The van der Waals surface area contributed by atoms with Crippen LogP contribution in [0.25, 0.3) is 0 Å². The van der Waals surface area contributed by atoms with E-state index in [4.69, 9.17) is 0 Å². The first-order chi connectivity index (χ1) is 6.65. The second kappa shape index (κ2) is 5.15. The zero-order chi connectivity index (χ0) is 10.6. The number of hydrogen-bond donors (Lipinski definition) is 1. The summed E-state index contributed by atoms with van der Waals surface area (Å²) >= 11 is 0. The molecule has 0 aliphatic carbocycles. The second-order valence-corrected chi connectivity index (χ2v) is 4.02. The van der Waals surface area contributed by atoms with Crippen molar-refractivity contribution in [2.24, 2.45) is 0 Å². The molecule has 1 rings (SSSR count). The second-order valence-electron chi connectivity index (χ2n) is 4.02. The minimum absolute atomic E-state index is 0.466. The zero-order valence-corrected chi connectivity index (χ0v) is 9.67. The number of nitrogens with one attached hydrogen (secondary N) is 1. The molecule has 0 radical (unpaired) electrons. The summed E-state index contributed by atoms with van der Waals surface area (Å²) in [5.41, 5.74) is 2.48. The fourth-order valence-electron chi connectivity index (χ4n) is 1.64. The van der Waals surface area contributed by atoms with Crippen LogP contribution in [0.5, 0.6) is 0 Å². The summed E-state index contributed by atoms with van der Waals surface area (Å²) in [7, 11) is 1.98. The minimum Gasteiger partial charge on any atom is -0.320 e. The molecule has 80 valence electrons. The molecule has 0 bridgehead atoms. The average molecular weight is 195 g/mol. The highest BCUT2D eigenvalue weighted by Gasteiger charge is 2.05. The molecule has 0 aromatic carbocycles. The van der Waals surface area contributed by atoms with Gasteiger partial charge in [0.15, 0.2) is 0 Å². The molecular weight excluding hydrogens is 174 g/mol. The van der Waals surface area contributed by atoms with E-state index < -0.39 is 0 Å². The molecule has 0 saturated heterocycles. The molecule has 0 amide bonds.